The number of benzene rings is 2. The largest absolute Gasteiger partial charge is 0.411 e. The molecule has 0 saturated heterocycles. The van der Waals surface area contributed by atoms with Crippen LogP contribution in [0.2, 0.25) is 5.02 Å². The van der Waals surface area contributed by atoms with Crippen molar-refractivity contribution in [3.05, 3.63) is 59.1 Å². The Labute approximate surface area is 173 Å². The fraction of sp³-hybridized carbons (Fsp3) is 0.286. The van der Waals surface area contributed by atoms with E-state index in [2.05, 4.69) is 35.4 Å². The molecule has 3 rings (SSSR count). The van der Waals surface area contributed by atoms with Crippen LogP contribution >= 0.6 is 23.4 Å². The minimum atomic E-state index is -0.391. The number of thioether (sulfide) groups is 1. The van der Waals surface area contributed by atoms with Crippen LogP contribution in [0.5, 0.6) is 0 Å². The molecule has 1 aromatic heterocycles. The number of nitrogens with one attached hydrogen (secondary N) is 1. The van der Waals surface area contributed by atoms with Crippen LogP contribution in [-0.4, -0.2) is 21.4 Å². The average Bonchev–Trinajstić information content (AvgIpc) is 3.16. The van der Waals surface area contributed by atoms with Gasteiger partial charge in [-0.1, -0.05) is 61.5 Å². The summed E-state index contributed by atoms with van der Waals surface area (Å²) in [5.74, 6) is 0.638. The zero-order valence-electron chi connectivity index (χ0n) is 16.0. The van der Waals surface area contributed by atoms with E-state index in [0.29, 0.717) is 22.1 Å². The Balaban J connectivity index is 1.67. The van der Waals surface area contributed by atoms with Gasteiger partial charge in [-0.15, -0.1) is 10.2 Å². The molecule has 5 nitrogen and oxygen atoms in total. The van der Waals surface area contributed by atoms with Crippen LogP contribution in [-0.2, 0) is 4.79 Å². The topological polar surface area (TPSA) is 68.0 Å². The van der Waals surface area contributed by atoms with Gasteiger partial charge in [-0.2, -0.15) is 0 Å². The first kappa shape index (κ1) is 20.4. The fourth-order valence-electron chi connectivity index (χ4n) is 2.70. The van der Waals surface area contributed by atoms with Gasteiger partial charge in [0.1, 0.15) is 0 Å². The third-order valence-electron chi connectivity index (χ3n) is 4.49. The van der Waals surface area contributed by atoms with Crippen molar-refractivity contribution in [1.29, 1.82) is 0 Å². The molecule has 1 amide bonds. The van der Waals surface area contributed by atoms with Crippen LogP contribution < -0.4 is 5.32 Å². The Hall–Kier alpha value is -2.31. The molecule has 0 aliphatic rings. The molecular formula is C21H22ClN3O2S. The van der Waals surface area contributed by atoms with Gasteiger partial charge in [-0.3, -0.25) is 4.79 Å². The minimum absolute atomic E-state index is 0.108. The molecule has 7 heteroatoms. The average molecular weight is 416 g/mol. The molecule has 3 aromatic rings. The summed E-state index contributed by atoms with van der Waals surface area (Å²) in [4.78, 5) is 12.7. The highest BCUT2D eigenvalue weighted by molar-refractivity contribution is 8.00. The number of carbonyl (C=O) groups excluding carboxylic acids is 1. The summed E-state index contributed by atoms with van der Waals surface area (Å²) in [7, 11) is 0. The summed E-state index contributed by atoms with van der Waals surface area (Å²) in [6.07, 6.45) is 1.01. The summed E-state index contributed by atoms with van der Waals surface area (Å²) in [5.41, 5.74) is 2.72. The molecule has 0 radical (unpaired) electrons. The molecular weight excluding hydrogens is 394 g/mol. The second-order valence-corrected chi connectivity index (χ2v) is 8.26. The van der Waals surface area contributed by atoms with Crippen molar-refractivity contribution in [3.8, 4) is 11.5 Å². The molecule has 2 atom stereocenters. The molecule has 28 heavy (non-hydrogen) atoms. The quantitative estimate of drug-likeness (QED) is 0.477. The molecule has 0 aliphatic heterocycles. The Bertz CT molecular complexity index is 960. The normalized spacial score (nSPS) is 13.1. The van der Waals surface area contributed by atoms with Gasteiger partial charge in [0.2, 0.25) is 11.8 Å². The van der Waals surface area contributed by atoms with Crippen molar-refractivity contribution >= 4 is 35.0 Å². The lowest BCUT2D eigenvalue weighted by Gasteiger charge is -2.17. The van der Waals surface area contributed by atoms with Crippen LogP contribution in [0.15, 0.2) is 58.2 Å². The molecule has 2 aromatic carbocycles. The van der Waals surface area contributed by atoms with Gasteiger partial charge in [0.25, 0.3) is 5.22 Å². The number of para-hydroxylation sites is 1. The van der Waals surface area contributed by atoms with E-state index in [4.69, 9.17) is 16.0 Å². The summed E-state index contributed by atoms with van der Waals surface area (Å²) in [6.45, 7) is 6.10. The molecule has 0 spiro atoms. The summed E-state index contributed by atoms with van der Waals surface area (Å²) >= 11 is 7.23. The van der Waals surface area contributed by atoms with Crippen molar-refractivity contribution < 1.29 is 9.21 Å². The second-order valence-electron chi connectivity index (χ2n) is 6.53. The first-order valence-electron chi connectivity index (χ1n) is 9.13. The van der Waals surface area contributed by atoms with E-state index in [9.17, 15) is 4.79 Å². The maximum absolute atomic E-state index is 12.7. The first-order chi connectivity index (χ1) is 13.5. The van der Waals surface area contributed by atoms with E-state index >= 15 is 0 Å². The number of anilines is 1. The molecule has 0 fully saturated rings. The molecule has 1 heterocycles. The Morgan fingerprint density at radius 3 is 2.71 bits per heavy atom. The van der Waals surface area contributed by atoms with E-state index < -0.39 is 5.25 Å². The van der Waals surface area contributed by atoms with Crippen LogP contribution in [0.25, 0.3) is 11.5 Å². The molecule has 1 N–H and O–H groups in total. The van der Waals surface area contributed by atoms with Crippen LogP contribution in [0.3, 0.4) is 0 Å². The van der Waals surface area contributed by atoms with Gasteiger partial charge in [-0.25, -0.2) is 0 Å². The maximum Gasteiger partial charge on any atom is 0.277 e. The van der Waals surface area contributed by atoms with Crippen molar-refractivity contribution in [1.82, 2.24) is 10.2 Å². The molecule has 0 bridgehead atoms. The number of hydrogen-bond acceptors (Lipinski definition) is 5. The highest BCUT2D eigenvalue weighted by atomic mass is 35.5. The van der Waals surface area contributed by atoms with Gasteiger partial charge in [-0.05, 0) is 49.1 Å². The number of halogens is 1. The van der Waals surface area contributed by atoms with Gasteiger partial charge in [0.05, 0.1) is 5.25 Å². The monoisotopic (exact) mass is 415 g/mol. The highest BCUT2D eigenvalue weighted by Gasteiger charge is 2.20. The first-order valence-corrected chi connectivity index (χ1v) is 10.4. The van der Waals surface area contributed by atoms with E-state index in [0.717, 1.165) is 23.2 Å². The molecule has 0 saturated carbocycles. The van der Waals surface area contributed by atoms with Crippen molar-refractivity contribution in [2.24, 2.45) is 0 Å². The number of carbonyl (C=O) groups is 1. The fourth-order valence-corrected chi connectivity index (χ4v) is 3.57. The van der Waals surface area contributed by atoms with Crippen LogP contribution in [0.1, 0.15) is 38.7 Å². The Morgan fingerprint density at radius 1 is 1.18 bits per heavy atom. The second kappa shape index (κ2) is 9.26. The van der Waals surface area contributed by atoms with Gasteiger partial charge in [0, 0.05) is 16.3 Å². The highest BCUT2D eigenvalue weighted by Crippen LogP contribution is 2.30. The SMILES string of the molecule is CCC(C)c1ccccc1NC(=O)C(C)Sc1nnc(-c2cccc(Cl)c2)o1. The molecule has 0 aliphatic carbocycles. The van der Waals surface area contributed by atoms with Crippen molar-refractivity contribution in [2.45, 2.75) is 43.6 Å². The van der Waals surface area contributed by atoms with Crippen molar-refractivity contribution in [3.63, 3.8) is 0 Å². The maximum atomic E-state index is 12.7. The summed E-state index contributed by atoms with van der Waals surface area (Å²) < 4.78 is 5.68. The smallest absolute Gasteiger partial charge is 0.277 e. The Morgan fingerprint density at radius 2 is 1.96 bits per heavy atom. The molecule has 2 unspecified atom stereocenters. The van der Waals surface area contributed by atoms with E-state index in [-0.39, 0.29) is 5.91 Å². The number of amides is 1. The van der Waals surface area contributed by atoms with E-state index in [1.807, 2.05) is 37.3 Å². The number of nitrogens with zero attached hydrogens (tertiary/aromatic N) is 2. The van der Waals surface area contributed by atoms with E-state index in [1.165, 1.54) is 11.8 Å². The van der Waals surface area contributed by atoms with Crippen LogP contribution in [0, 0.1) is 0 Å². The summed E-state index contributed by atoms with van der Waals surface area (Å²) in [5, 5.41) is 11.6. The van der Waals surface area contributed by atoms with Gasteiger partial charge >= 0.3 is 0 Å². The lowest BCUT2D eigenvalue weighted by molar-refractivity contribution is -0.115. The number of aromatic nitrogens is 2. The minimum Gasteiger partial charge on any atom is -0.411 e. The van der Waals surface area contributed by atoms with Crippen LogP contribution in [0.4, 0.5) is 5.69 Å². The summed E-state index contributed by atoms with van der Waals surface area (Å²) in [6, 6.07) is 15.1. The Kier molecular flexibility index (Phi) is 6.75. The zero-order valence-corrected chi connectivity index (χ0v) is 17.6. The third kappa shape index (κ3) is 4.94. The predicted molar refractivity (Wildman–Crippen MR) is 114 cm³/mol. The lowest BCUT2D eigenvalue weighted by Crippen LogP contribution is -2.23. The number of hydrogen-bond donors (Lipinski definition) is 1. The lowest BCUT2D eigenvalue weighted by atomic mass is 9.97. The van der Waals surface area contributed by atoms with Crippen molar-refractivity contribution in [2.75, 3.05) is 5.32 Å². The van der Waals surface area contributed by atoms with Gasteiger partial charge in [0.15, 0.2) is 0 Å². The van der Waals surface area contributed by atoms with E-state index in [1.54, 1.807) is 12.1 Å². The standard InChI is InChI=1S/C21H22ClN3O2S/c1-4-13(2)17-10-5-6-11-18(17)23-19(26)14(3)28-21-25-24-20(27-21)15-8-7-9-16(22)12-15/h5-14H,4H2,1-3H3,(H,23,26). The molecule has 146 valence electrons. The number of rotatable bonds is 7. The predicted octanol–water partition coefficient (Wildman–Crippen LogP) is 6.02. The third-order valence-corrected chi connectivity index (χ3v) is 5.66. The zero-order chi connectivity index (χ0) is 20.1. The van der Waals surface area contributed by atoms with Gasteiger partial charge < -0.3 is 9.73 Å².